The quantitative estimate of drug-likeness (QED) is 0.373. The lowest BCUT2D eigenvalue weighted by Crippen LogP contribution is -2.31. The number of anilines is 1. The van der Waals surface area contributed by atoms with Crippen molar-refractivity contribution in [2.75, 3.05) is 18.5 Å². The lowest BCUT2D eigenvalue weighted by atomic mass is 9.85. The van der Waals surface area contributed by atoms with E-state index in [1.165, 1.54) is 25.3 Å². The molecule has 0 aliphatic heterocycles. The van der Waals surface area contributed by atoms with Crippen molar-refractivity contribution in [1.29, 1.82) is 0 Å². The summed E-state index contributed by atoms with van der Waals surface area (Å²) in [7, 11) is 1.90. The first kappa shape index (κ1) is 12.7. The Balaban J connectivity index is 2.27. The van der Waals surface area contributed by atoms with Crippen molar-refractivity contribution in [3.63, 3.8) is 0 Å². The Bertz CT molecular complexity index is 458. The van der Waals surface area contributed by atoms with Crippen LogP contribution in [0.5, 0.6) is 0 Å². The molecular weight excluding hydrogens is 233 g/mol. The highest BCUT2D eigenvalue weighted by molar-refractivity contribution is 6.02. The third-order valence-electron chi connectivity index (χ3n) is 3.52. The van der Waals surface area contributed by atoms with Gasteiger partial charge in [0.1, 0.15) is 5.82 Å². The van der Waals surface area contributed by atoms with Gasteiger partial charge in [0.25, 0.3) is 0 Å². The van der Waals surface area contributed by atoms with Crippen LogP contribution in [-0.2, 0) is 0 Å². The second-order valence-electron chi connectivity index (χ2n) is 4.80. The van der Waals surface area contributed by atoms with Crippen LogP contribution in [0.25, 0.3) is 0 Å². The van der Waals surface area contributed by atoms with Crippen molar-refractivity contribution >= 4 is 11.5 Å². The van der Waals surface area contributed by atoms with Crippen LogP contribution in [0.1, 0.15) is 24.8 Å². The van der Waals surface area contributed by atoms with E-state index in [0.29, 0.717) is 11.6 Å². The van der Waals surface area contributed by atoms with Crippen molar-refractivity contribution in [1.82, 2.24) is 0 Å². The normalized spacial score (nSPS) is 16.4. The average Bonchev–Trinajstić information content (AvgIpc) is 2.32. The van der Waals surface area contributed by atoms with Gasteiger partial charge in [-0.1, -0.05) is 17.6 Å². The molecule has 1 aromatic carbocycles. The van der Waals surface area contributed by atoms with Gasteiger partial charge in [0.15, 0.2) is 5.84 Å². The third kappa shape index (κ3) is 2.39. The topological polar surface area (TPSA) is 61.8 Å². The van der Waals surface area contributed by atoms with Gasteiger partial charge in [0.2, 0.25) is 0 Å². The van der Waals surface area contributed by atoms with Crippen molar-refractivity contribution < 1.29 is 9.60 Å². The number of hydrogen-bond acceptors (Lipinski definition) is 3. The Hall–Kier alpha value is -1.78. The average molecular weight is 251 g/mol. The predicted molar refractivity (Wildman–Crippen MR) is 69.5 cm³/mol. The molecular formula is C13H18FN3O. The molecule has 1 aliphatic carbocycles. The fourth-order valence-corrected chi connectivity index (χ4v) is 2.30. The van der Waals surface area contributed by atoms with E-state index < -0.39 is 5.82 Å². The van der Waals surface area contributed by atoms with Crippen LogP contribution in [0.3, 0.4) is 0 Å². The van der Waals surface area contributed by atoms with Gasteiger partial charge in [-0.2, -0.15) is 0 Å². The molecule has 0 bridgehead atoms. The fraction of sp³-hybridized carbons (Fsp3) is 0.462. The summed E-state index contributed by atoms with van der Waals surface area (Å²) in [6.45, 7) is 0.870. The zero-order chi connectivity index (χ0) is 13.1. The van der Waals surface area contributed by atoms with E-state index >= 15 is 0 Å². The Kier molecular flexibility index (Phi) is 3.69. The summed E-state index contributed by atoms with van der Waals surface area (Å²) < 4.78 is 13.8. The maximum Gasteiger partial charge on any atom is 0.175 e. The van der Waals surface area contributed by atoms with Gasteiger partial charge in [-0.15, -0.1) is 0 Å². The van der Waals surface area contributed by atoms with Crippen LogP contribution in [0.2, 0.25) is 0 Å². The predicted octanol–water partition coefficient (Wildman–Crippen LogP) is 2.16. The Morgan fingerprint density at radius 2 is 2.28 bits per heavy atom. The largest absolute Gasteiger partial charge is 0.409 e. The standard InChI is InChI=1S/C13H18FN3O/c1-17(8-9-4-2-5-9)11-7-3-6-10(14)12(11)13(15)16-18/h3,6-7,9,18H,2,4-5,8H2,1H3,(H2,15,16). The molecule has 0 unspecified atom stereocenters. The molecule has 4 nitrogen and oxygen atoms in total. The first-order valence-electron chi connectivity index (χ1n) is 6.11. The molecule has 0 atom stereocenters. The highest BCUT2D eigenvalue weighted by Crippen LogP contribution is 2.30. The van der Waals surface area contributed by atoms with Crippen LogP contribution >= 0.6 is 0 Å². The first-order valence-corrected chi connectivity index (χ1v) is 6.11. The summed E-state index contributed by atoms with van der Waals surface area (Å²) in [4.78, 5) is 1.97. The van der Waals surface area contributed by atoms with E-state index in [-0.39, 0.29) is 11.4 Å². The first-order chi connectivity index (χ1) is 8.63. The van der Waals surface area contributed by atoms with E-state index in [1.54, 1.807) is 12.1 Å². The monoisotopic (exact) mass is 251 g/mol. The van der Waals surface area contributed by atoms with Gasteiger partial charge in [-0.05, 0) is 30.9 Å². The Morgan fingerprint density at radius 3 is 2.83 bits per heavy atom. The van der Waals surface area contributed by atoms with Crippen molar-refractivity contribution in [3.05, 3.63) is 29.6 Å². The second-order valence-corrected chi connectivity index (χ2v) is 4.80. The number of hydrogen-bond donors (Lipinski definition) is 2. The van der Waals surface area contributed by atoms with Crippen LogP contribution in [0, 0.1) is 11.7 Å². The third-order valence-corrected chi connectivity index (χ3v) is 3.52. The maximum absolute atomic E-state index is 13.8. The van der Waals surface area contributed by atoms with Crippen LogP contribution < -0.4 is 10.6 Å². The minimum absolute atomic E-state index is 0.168. The van der Waals surface area contributed by atoms with Crippen molar-refractivity contribution in [2.45, 2.75) is 19.3 Å². The summed E-state index contributed by atoms with van der Waals surface area (Å²) in [5.74, 6) is 0.00484. The molecule has 0 aromatic heterocycles. The Morgan fingerprint density at radius 1 is 1.56 bits per heavy atom. The van der Waals surface area contributed by atoms with E-state index in [9.17, 15) is 4.39 Å². The smallest absolute Gasteiger partial charge is 0.175 e. The summed E-state index contributed by atoms with van der Waals surface area (Å²) in [6, 6.07) is 4.74. The zero-order valence-electron chi connectivity index (χ0n) is 10.4. The SMILES string of the molecule is CN(CC1CCC1)c1cccc(F)c1C(N)=NO. The molecule has 2 rings (SSSR count). The van der Waals surface area contributed by atoms with Crippen LogP contribution in [-0.4, -0.2) is 24.6 Å². The maximum atomic E-state index is 13.8. The summed E-state index contributed by atoms with van der Waals surface area (Å²) >= 11 is 0. The summed E-state index contributed by atoms with van der Waals surface area (Å²) in [6.07, 6.45) is 3.71. The number of halogens is 1. The molecule has 5 heteroatoms. The van der Waals surface area contributed by atoms with Crippen molar-refractivity contribution in [3.8, 4) is 0 Å². The highest BCUT2D eigenvalue weighted by atomic mass is 19.1. The molecule has 1 aromatic rings. The molecule has 1 aliphatic rings. The van der Waals surface area contributed by atoms with Crippen LogP contribution in [0.15, 0.2) is 23.4 Å². The molecule has 0 heterocycles. The minimum Gasteiger partial charge on any atom is -0.409 e. The number of nitrogens with two attached hydrogens (primary N) is 1. The molecule has 1 fully saturated rings. The molecule has 18 heavy (non-hydrogen) atoms. The molecule has 0 amide bonds. The number of benzene rings is 1. The number of rotatable bonds is 4. The fourth-order valence-electron chi connectivity index (χ4n) is 2.30. The molecule has 0 radical (unpaired) electrons. The van der Waals surface area contributed by atoms with E-state index in [4.69, 9.17) is 10.9 Å². The molecule has 3 N–H and O–H groups in total. The summed E-state index contributed by atoms with van der Waals surface area (Å²) in [5, 5.41) is 11.6. The van der Waals surface area contributed by atoms with Crippen molar-refractivity contribution in [2.24, 2.45) is 16.8 Å². The molecule has 0 spiro atoms. The van der Waals surface area contributed by atoms with E-state index in [1.807, 2.05) is 11.9 Å². The zero-order valence-corrected chi connectivity index (χ0v) is 10.4. The molecule has 98 valence electrons. The second kappa shape index (κ2) is 5.25. The van der Waals surface area contributed by atoms with Gasteiger partial charge < -0.3 is 15.8 Å². The molecule has 1 saturated carbocycles. The van der Waals surface area contributed by atoms with Gasteiger partial charge in [-0.25, -0.2) is 4.39 Å². The lowest BCUT2D eigenvalue weighted by Gasteiger charge is -2.32. The number of amidine groups is 1. The van der Waals surface area contributed by atoms with Gasteiger partial charge >= 0.3 is 0 Å². The lowest BCUT2D eigenvalue weighted by molar-refractivity contribution is 0.318. The highest BCUT2D eigenvalue weighted by Gasteiger charge is 2.22. The van der Waals surface area contributed by atoms with Gasteiger partial charge in [0, 0.05) is 13.6 Å². The number of oxime groups is 1. The molecule has 0 saturated heterocycles. The van der Waals surface area contributed by atoms with E-state index in [2.05, 4.69) is 5.16 Å². The van der Waals surface area contributed by atoms with Crippen LogP contribution in [0.4, 0.5) is 10.1 Å². The van der Waals surface area contributed by atoms with Gasteiger partial charge in [0.05, 0.1) is 11.3 Å². The van der Waals surface area contributed by atoms with E-state index in [0.717, 1.165) is 6.54 Å². The van der Waals surface area contributed by atoms with Gasteiger partial charge in [-0.3, -0.25) is 0 Å². The number of nitrogens with zero attached hydrogens (tertiary/aromatic N) is 2. The summed E-state index contributed by atoms with van der Waals surface area (Å²) in [5.41, 5.74) is 6.38. The Labute approximate surface area is 106 Å². The minimum atomic E-state index is -0.469.